The Hall–Kier alpha value is -1.61. The highest BCUT2D eigenvalue weighted by Crippen LogP contribution is 2.78. The summed E-state index contributed by atoms with van der Waals surface area (Å²) in [5.41, 5.74) is 2.54. The van der Waals surface area contributed by atoms with Gasteiger partial charge in [0.2, 0.25) is 0 Å². The summed E-state index contributed by atoms with van der Waals surface area (Å²) in [6, 6.07) is 10.1. The third kappa shape index (κ3) is 3.60. The van der Waals surface area contributed by atoms with E-state index < -0.39 is 0 Å². The van der Waals surface area contributed by atoms with Gasteiger partial charge in [0.15, 0.2) is 0 Å². The molecule has 0 radical (unpaired) electrons. The normalized spacial score (nSPS) is 47.9. The molecule has 10 atom stereocenters. The molecule has 0 aromatic heterocycles. The predicted octanol–water partition coefficient (Wildman–Crippen LogP) is 8.36. The Labute approximate surface area is 237 Å². The van der Waals surface area contributed by atoms with Crippen LogP contribution in [0.25, 0.3) is 0 Å². The van der Waals surface area contributed by atoms with Crippen molar-refractivity contribution in [1.29, 1.82) is 0 Å². The van der Waals surface area contributed by atoms with Crippen LogP contribution in [0.4, 0.5) is 0 Å². The largest absolute Gasteiger partial charge is 0.460 e. The molecule has 5 aliphatic carbocycles. The summed E-state index contributed by atoms with van der Waals surface area (Å²) in [6.07, 6.45) is 9.67. The third-order valence-corrected chi connectivity index (χ3v) is 14.3. The van der Waals surface area contributed by atoms with E-state index in [0.717, 1.165) is 37.7 Å². The van der Waals surface area contributed by atoms with Gasteiger partial charge in [0.25, 0.3) is 0 Å². The smallest absolute Gasteiger partial charge is 0.312 e. The van der Waals surface area contributed by atoms with Gasteiger partial charge in [-0.05, 0) is 122 Å². The Bertz CT molecular complexity index is 1140. The molecular weight excluding hydrogens is 480 g/mol. The summed E-state index contributed by atoms with van der Waals surface area (Å²) < 4.78 is 6.16. The van der Waals surface area contributed by atoms with Gasteiger partial charge in [0.1, 0.15) is 6.61 Å². The van der Waals surface area contributed by atoms with E-state index in [1.54, 1.807) is 0 Å². The van der Waals surface area contributed by atoms with Gasteiger partial charge < -0.3 is 9.84 Å². The summed E-state index contributed by atoms with van der Waals surface area (Å²) in [6.45, 7) is 19.4. The van der Waals surface area contributed by atoms with E-state index in [1.807, 2.05) is 30.3 Å². The predicted molar refractivity (Wildman–Crippen MR) is 157 cm³/mol. The molecule has 0 bridgehead atoms. The molecule has 5 fully saturated rings. The monoisotopic (exact) mass is 532 g/mol. The lowest BCUT2D eigenvalue weighted by atomic mass is 9.34. The van der Waals surface area contributed by atoms with Gasteiger partial charge in [-0.2, -0.15) is 0 Å². The van der Waals surface area contributed by atoms with Crippen LogP contribution in [0.15, 0.2) is 42.5 Å². The number of aliphatic hydroxyl groups is 1. The highest BCUT2D eigenvalue weighted by molar-refractivity contribution is 5.78. The van der Waals surface area contributed by atoms with Crippen LogP contribution in [-0.2, 0) is 16.1 Å². The van der Waals surface area contributed by atoms with Crippen molar-refractivity contribution in [2.45, 2.75) is 112 Å². The van der Waals surface area contributed by atoms with Crippen LogP contribution in [0.2, 0.25) is 0 Å². The molecule has 214 valence electrons. The Morgan fingerprint density at radius 3 is 2.33 bits per heavy atom. The van der Waals surface area contributed by atoms with Gasteiger partial charge in [-0.3, -0.25) is 4.79 Å². The average molecular weight is 533 g/mol. The fraction of sp³-hybridized carbons (Fsp3) is 0.750. The molecule has 1 aromatic rings. The molecule has 3 heteroatoms. The molecule has 1 aromatic carbocycles. The van der Waals surface area contributed by atoms with Gasteiger partial charge in [0, 0.05) is 0 Å². The minimum atomic E-state index is -0.377. The average Bonchev–Trinajstić information content (AvgIpc) is 3.37. The summed E-state index contributed by atoms with van der Waals surface area (Å²) in [5.74, 6) is 2.50. The van der Waals surface area contributed by atoms with Gasteiger partial charge in [-0.25, -0.2) is 0 Å². The van der Waals surface area contributed by atoms with Crippen molar-refractivity contribution in [3.05, 3.63) is 48.0 Å². The van der Waals surface area contributed by atoms with E-state index in [-0.39, 0.29) is 39.1 Å². The van der Waals surface area contributed by atoms with Crippen LogP contribution < -0.4 is 0 Å². The first-order chi connectivity index (χ1) is 18.3. The molecule has 5 aliphatic rings. The first-order valence-electron chi connectivity index (χ1n) is 15.9. The SMILES string of the molecule is C=C(C)[C@@H]1CC[C@]2(C(=O)OCc3ccccc3)CC[C@]3(C)[C@H](CC[C@@H]4[C@@]5(C)C[C@H](O)C(C)(C)[C@@H]5CC[C@]43C)[C@@H]12. The van der Waals surface area contributed by atoms with Crippen molar-refractivity contribution in [3.8, 4) is 0 Å². The molecule has 0 spiro atoms. The topological polar surface area (TPSA) is 46.5 Å². The van der Waals surface area contributed by atoms with Crippen LogP contribution in [-0.4, -0.2) is 17.2 Å². The summed E-state index contributed by atoms with van der Waals surface area (Å²) >= 11 is 0. The number of hydrogen-bond donors (Lipinski definition) is 1. The molecule has 0 unspecified atom stereocenters. The summed E-state index contributed by atoms with van der Waals surface area (Å²) in [7, 11) is 0. The Morgan fingerprint density at radius 1 is 0.923 bits per heavy atom. The maximum Gasteiger partial charge on any atom is 0.312 e. The fourth-order valence-corrected chi connectivity index (χ4v) is 12.1. The number of aliphatic hydroxyl groups excluding tert-OH is 1. The molecule has 0 amide bonds. The molecule has 1 N–H and O–H groups in total. The van der Waals surface area contributed by atoms with E-state index in [0.29, 0.717) is 36.2 Å². The van der Waals surface area contributed by atoms with Crippen LogP contribution in [0.5, 0.6) is 0 Å². The number of carbonyl (C=O) groups excluding carboxylic acids is 1. The number of hydrogen-bond acceptors (Lipinski definition) is 3. The molecule has 0 saturated heterocycles. The molecule has 0 aliphatic heterocycles. The third-order valence-electron chi connectivity index (χ3n) is 14.3. The molecule has 3 nitrogen and oxygen atoms in total. The van der Waals surface area contributed by atoms with Crippen LogP contribution in [0.3, 0.4) is 0 Å². The second kappa shape index (κ2) is 8.94. The van der Waals surface area contributed by atoms with Crippen molar-refractivity contribution in [3.63, 3.8) is 0 Å². The van der Waals surface area contributed by atoms with E-state index in [9.17, 15) is 9.90 Å². The van der Waals surface area contributed by atoms with Crippen molar-refractivity contribution >= 4 is 5.97 Å². The van der Waals surface area contributed by atoms with Crippen molar-refractivity contribution in [2.75, 3.05) is 0 Å². The first-order valence-corrected chi connectivity index (χ1v) is 15.9. The van der Waals surface area contributed by atoms with Crippen LogP contribution in [0.1, 0.15) is 105 Å². The summed E-state index contributed by atoms with van der Waals surface area (Å²) in [4.78, 5) is 14.1. The fourth-order valence-electron chi connectivity index (χ4n) is 12.1. The molecule has 5 saturated carbocycles. The number of esters is 1. The van der Waals surface area contributed by atoms with Gasteiger partial charge in [-0.15, -0.1) is 0 Å². The zero-order chi connectivity index (χ0) is 28.0. The second-order valence-corrected chi connectivity index (χ2v) is 15.9. The molecule has 0 heterocycles. The van der Waals surface area contributed by atoms with Crippen molar-refractivity contribution < 1.29 is 14.6 Å². The number of benzene rings is 1. The standard InChI is InChI=1S/C36H52O3/c1-23(2)25-15-18-36(31(38)39-22-24-11-9-8-10-12-24)20-19-34(6)26(30(25)36)13-14-28-33(5)21-29(37)32(3,4)27(33)16-17-35(28,34)7/h8-12,25-30,37H,1,13-22H2,2-7H3/t25-,26+,27-,28+,29-,30+,33-,34+,35+,36-/m0/s1. The van der Waals surface area contributed by atoms with E-state index >= 15 is 0 Å². The number of fused-ring (bicyclic) bond motifs is 7. The molecular formula is C36H52O3. The highest BCUT2D eigenvalue weighted by Gasteiger charge is 2.73. The lowest BCUT2D eigenvalue weighted by Crippen LogP contribution is -2.64. The van der Waals surface area contributed by atoms with E-state index in [2.05, 4.69) is 48.1 Å². The number of allylic oxidation sites excluding steroid dienone is 1. The highest BCUT2D eigenvalue weighted by atomic mass is 16.5. The Kier molecular flexibility index (Phi) is 6.32. The van der Waals surface area contributed by atoms with Gasteiger partial charge >= 0.3 is 5.97 Å². The van der Waals surface area contributed by atoms with Crippen LogP contribution >= 0.6 is 0 Å². The Morgan fingerprint density at radius 2 is 1.64 bits per heavy atom. The quantitative estimate of drug-likeness (QED) is 0.313. The zero-order valence-corrected chi connectivity index (χ0v) is 25.4. The number of rotatable bonds is 4. The van der Waals surface area contributed by atoms with Crippen LogP contribution in [0, 0.1) is 56.7 Å². The van der Waals surface area contributed by atoms with Gasteiger partial charge in [-0.1, -0.05) is 77.1 Å². The minimum Gasteiger partial charge on any atom is -0.460 e. The number of carbonyl (C=O) groups is 1. The second-order valence-electron chi connectivity index (χ2n) is 15.9. The van der Waals surface area contributed by atoms with E-state index in [1.165, 1.54) is 31.3 Å². The molecule has 39 heavy (non-hydrogen) atoms. The minimum absolute atomic E-state index is 0.00539. The zero-order valence-electron chi connectivity index (χ0n) is 25.4. The van der Waals surface area contributed by atoms with Crippen molar-refractivity contribution in [1.82, 2.24) is 0 Å². The maximum atomic E-state index is 14.1. The lowest BCUT2D eigenvalue weighted by Gasteiger charge is -2.70. The number of ether oxygens (including phenoxy) is 1. The van der Waals surface area contributed by atoms with E-state index in [4.69, 9.17) is 4.74 Å². The van der Waals surface area contributed by atoms with Gasteiger partial charge in [0.05, 0.1) is 11.5 Å². The molecule has 6 rings (SSSR count). The maximum absolute atomic E-state index is 14.1. The summed E-state index contributed by atoms with van der Waals surface area (Å²) in [5, 5.41) is 11.2. The Balaban J connectivity index is 1.34. The first kappa shape index (κ1) is 27.6. The lowest BCUT2D eigenvalue weighted by molar-refractivity contribution is -0.223. The van der Waals surface area contributed by atoms with Crippen molar-refractivity contribution in [2.24, 2.45) is 56.7 Å².